The Hall–Kier alpha value is -4.80. The van der Waals surface area contributed by atoms with Crippen LogP contribution in [0.3, 0.4) is 0 Å². The Morgan fingerprint density at radius 1 is 0.842 bits per heavy atom. The number of piperazine rings is 1. The minimum Gasteiger partial charge on any atom is -0.369 e. The maximum Gasteiger partial charge on any atom is 0.269 e. The lowest BCUT2D eigenvalue weighted by Crippen LogP contribution is -2.47. The summed E-state index contributed by atoms with van der Waals surface area (Å²) in [6.07, 6.45) is 8.69. The van der Waals surface area contributed by atoms with Gasteiger partial charge in [-0.3, -0.25) is 24.6 Å². The molecular formula is C41H50F2N8O5S. The van der Waals surface area contributed by atoms with Gasteiger partial charge in [0.2, 0.25) is 27.8 Å². The lowest BCUT2D eigenvalue weighted by molar-refractivity contribution is -0.134. The summed E-state index contributed by atoms with van der Waals surface area (Å²) in [5, 5.41) is 5.89. The molecule has 1 saturated carbocycles. The molecule has 1 unspecified atom stereocenters. The van der Waals surface area contributed by atoms with E-state index in [-0.39, 0.29) is 40.3 Å². The second-order valence-electron chi connectivity index (χ2n) is 15.3. The van der Waals surface area contributed by atoms with Crippen LogP contribution in [0, 0.1) is 0 Å². The molecule has 2 amide bonds. The van der Waals surface area contributed by atoms with Crippen LogP contribution in [0.4, 0.5) is 20.4 Å². The van der Waals surface area contributed by atoms with Gasteiger partial charge < -0.3 is 15.2 Å². The minimum atomic E-state index is -3.68. The molecule has 4 aromatic rings. The molecule has 3 saturated heterocycles. The van der Waals surface area contributed by atoms with Gasteiger partial charge in [-0.15, -0.1) is 0 Å². The number of amides is 2. The van der Waals surface area contributed by atoms with Crippen molar-refractivity contribution in [2.75, 3.05) is 56.0 Å². The van der Waals surface area contributed by atoms with Crippen LogP contribution in [0.25, 0.3) is 11.0 Å². The highest BCUT2D eigenvalue weighted by Crippen LogP contribution is 2.28. The number of benzene rings is 2. The number of aromatic nitrogens is 3. The first-order valence-corrected chi connectivity index (χ1v) is 21.4. The fraction of sp³-hybridized carbons (Fsp3) is 0.488. The van der Waals surface area contributed by atoms with E-state index in [1.807, 2.05) is 36.4 Å². The molecular weight excluding hydrogens is 755 g/mol. The summed E-state index contributed by atoms with van der Waals surface area (Å²) in [5.74, 6) is -0.498. The number of halogens is 2. The lowest BCUT2D eigenvalue weighted by atomic mass is 9.90. The number of hydrogen-bond acceptors (Lipinski definition) is 10. The Kier molecular flexibility index (Phi) is 12.9. The van der Waals surface area contributed by atoms with E-state index in [0.29, 0.717) is 44.2 Å². The number of rotatable bonds is 10. The predicted molar refractivity (Wildman–Crippen MR) is 214 cm³/mol. The van der Waals surface area contributed by atoms with Crippen LogP contribution in [-0.4, -0.2) is 96.2 Å². The molecule has 2 aromatic carbocycles. The molecule has 16 heteroatoms. The van der Waals surface area contributed by atoms with Crippen LogP contribution in [-0.2, 0) is 26.0 Å². The summed E-state index contributed by atoms with van der Waals surface area (Å²) < 4.78 is 54.5. The number of sulfonamides is 1. The van der Waals surface area contributed by atoms with Gasteiger partial charge in [-0.2, -0.15) is 9.29 Å². The van der Waals surface area contributed by atoms with E-state index in [4.69, 9.17) is 0 Å². The van der Waals surface area contributed by atoms with Crippen LogP contribution in [0.2, 0.25) is 0 Å². The van der Waals surface area contributed by atoms with E-state index in [0.717, 1.165) is 62.0 Å². The quantitative estimate of drug-likeness (QED) is 0.178. The Morgan fingerprint density at radius 3 is 2.14 bits per heavy atom. The number of nitrogens with zero attached hydrogens (tertiary/aromatic N) is 5. The monoisotopic (exact) mass is 804 g/mol. The van der Waals surface area contributed by atoms with Crippen molar-refractivity contribution in [2.45, 2.75) is 87.5 Å². The number of alkyl halides is 2. The molecule has 57 heavy (non-hydrogen) atoms. The van der Waals surface area contributed by atoms with Gasteiger partial charge in [0.05, 0.1) is 16.4 Å². The molecule has 0 spiro atoms. The predicted octanol–water partition coefficient (Wildman–Crippen LogP) is 5.36. The molecule has 4 fully saturated rings. The van der Waals surface area contributed by atoms with E-state index in [1.54, 1.807) is 12.1 Å². The zero-order valence-corrected chi connectivity index (χ0v) is 32.8. The average molecular weight is 805 g/mol. The van der Waals surface area contributed by atoms with Gasteiger partial charge in [-0.1, -0.05) is 56.4 Å². The molecule has 1 aliphatic carbocycles. The van der Waals surface area contributed by atoms with Gasteiger partial charge in [0.25, 0.3) is 12.0 Å². The van der Waals surface area contributed by atoms with Crippen LogP contribution < -0.4 is 21.1 Å². The van der Waals surface area contributed by atoms with Gasteiger partial charge in [-0.05, 0) is 67.1 Å². The van der Waals surface area contributed by atoms with Crippen molar-refractivity contribution < 1.29 is 26.8 Å². The summed E-state index contributed by atoms with van der Waals surface area (Å²) in [4.78, 5) is 51.5. The topological polar surface area (TPSA) is 161 Å². The van der Waals surface area contributed by atoms with Gasteiger partial charge >= 0.3 is 0 Å². The number of H-pyrrole nitrogens is 1. The Bertz CT molecular complexity index is 2180. The van der Waals surface area contributed by atoms with Gasteiger partial charge in [-0.25, -0.2) is 22.2 Å². The number of aromatic amines is 1. The highest BCUT2D eigenvalue weighted by atomic mass is 32.2. The molecule has 0 radical (unpaired) electrons. The molecule has 0 bridgehead atoms. The van der Waals surface area contributed by atoms with Gasteiger partial charge in [0.1, 0.15) is 5.65 Å². The fourth-order valence-electron chi connectivity index (χ4n) is 7.97. The average Bonchev–Trinajstić information content (AvgIpc) is 3.81. The molecule has 13 nitrogen and oxygen atoms in total. The SMILES string of the molecule is C1CCCC1.O=C1CCC(c2ccc(N3CCN(CCc4ccc(S(=O)(=O)N5CCC(Nc6ncc7cc(C(F)F)c(=O)[nH]c7n6)CC5)cc4)CC3)cc2)C(=O)N1. The van der Waals surface area contributed by atoms with Crippen LogP contribution in [0.1, 0.15) is 86.8 Å². The molecule has 5 heterocycles. The summed E-state index contributed by atoms with van der Waals surface area (Å²) in [5.41, 5.74) is 1.71. The van der Waals surface area contributed by atoms with Crippen LogP contribution in [0.5, 0.6) is 0 Å². The van der Waals surface area contributed by atoms with Crippen molar-refractivity contribution in [3.8, 4) is 0 Å². The van der Waals surface area contributed by atoms with E-state index in [1.165, 1.54) is 42.6 Å². The fourth-order valence-corrected chi connectivity index (χ4v) is 9.44. The van der Waals surface area contributed by atoms with E-state index < -0.39 is 27.6 Å². The third kappa shape index (κ3) is 10.0. The Morgan fingerprint density at radius 2 is 1.51 bits per heavy atom. The van der Waals surface area contributed by atoms with Crippen molar-refractivity contribution in [2.24, 2.45) is 0 Å². The second kappa shape index (κ2) is 18.2. The summed E-state index contributed by atoms with van der Waals surface area (Å²) in [6, 6.07) is 16.2. The van der Waals surface area contributed by atoms with Gasteiger partial charge in [0.15, 0.2) is 0 Å². The molecule has 1 atom stereocenters. The third-order valence-corrected chi connectivity index (χ3v) is 13.4. The maximum absolute atomic E-state index is 13.4. The summed E-state index contributed by atoms with van der Waals surface area (Å²) in [7, 11) is -3.68. The van der Waals surface area contributed by atoms with Crippen molar-refractivity contribution in [3.63, 3.8) is 0 Å². The summed E-state index contributed by atoms with van der Waals surface area (Å²) in [6.45, 7) is 5.04. The molecule has 2 aromatic heterocycles. The number of nitrogens with one attached hydrogen (secondary N) is 3. The van der Waals surface area contributed by atoms with E-state index in [9.17, 15) is 31.6 Å². The normalized spacial score (nSPS) is 20.1. The molecule has 3 aliphatic heterocycles. The highest BCUT2D eigenvalue weighted by molar-refractivity contribution is 7.89. The van der Waals surface area contributed by atoms with Gasteiger partial charge in [0, 0.05) is 75.5 Å². The van der Waals surface area contributed by atoms with Crippen molar-refractivity contribution in [3.05, 3.63) is 87.8 Å². The third-order valence-electron chi connectivity index (χ3n) is 11.4. The number of imide groups is 1. The zero-order valence-electron chi connectivity index (χ0n) is 32.0. The number of fused-ring (bicyclic) bond motifs is 1. The smallest absolute Gasteiger partial charge is 0.269 e. The van der Waals surface area contributed by atoms with Crippen molar-refractivity contribution in [1.82, 2.24) is 29.5 Å². The number of piperidine rings is 2. The first-order chi connectivity index (χ1) is 27.5. The van der Waals surface area contributed by atoms with Crippen LogP contribution in [0.15, 0.2) is 70.5 Å². The molecule has 3 N–H and O–H groups in total. The first-order valence-electron chi connectivity index (χ1n) is 20.0. The first kappa shape index (κ1) is 40.4. The largest absolute Gasteiger partial charge is 0.369 e. The Balaban J connectivity index is 0.000000921. The number of pyridine rings is 1. The van der Waals surface area contributed by atoms with Crippen LogP contribution >= 0.6 is 0 Å². The number of carbonyl (C=O) groups is 2. The summed E-state index contributed by atoms with van der Waals surface area (Å²) >= 11 is 0. The molecule has 304 valence electrons. The van der Waals surface area contributed by atoms with E-state index in [2.05, 4.69) is 35.4 Å². The zero-order chi connectivity index (χ0) is 39.9. The lowest BCUT2D eigenvalue weighted by Gasteiger charge is -2.36. The molecule has 8 rings (SSSR count). The standard InChI is InChI=1S/C36H40F2N8O5S.C5H10/c37-32(38)30-21-25-22-39-36(43-33(25)42-35(30)49)40-26-12-15-46(16-13-26)52(50,51)28-7-1-23(2-8-28)11-14-44-17-19-45(20-18-44)27-5-3-24(4-6-27)29-9-10-31(47)41-34(29)48;1-2-4-5-3-1/h1-8,21-22,26,29,32H,9-20H2,(H,41,47,48)(H2,39,40,42,43,49);1-5H2. The van der Waals surface area contributed by atoms with Crippen molar-refractivity contribution >= 4 is 44.5 Å². The minimum absolute atomic E-state index is 0.106. The number of hydrogen-bond donors (Lipinski definition) is 3. The highest BCUT2D eigenvalue weighted by Gasteiger charge is 2.30. The second-order valence-corrected chi connectivity index (χ2v) is 17.2. The number of anilines is 2. The Labute approximate surface area is 331 Å². The number of carbonyl (C=O) groups excluding carboxylic acids is 2. The maximum atomic E-state index is 13.4. The van der Waals surface area contributed by atoms with E-state index >= 15 is 0 Å². The van der Waals surface area contributed by atoms with Crippen molar-refractivity contribution in [1.29, 1.82) is 0 Å². The molecule has 4 aliphatic rings.